The van der Waals surface area contributed by atoms with Crippen molar-refractivity contribution in [3.63, 3.8) is 0 Å². The van der Waals surface area contributed by atoms with Gasteiger partial charge in [-0.05, 0) is 31.0 Å². The molecule has 1 unspecified atom stereocenters. The molecular weight excluding hydrogens is 444 g/mol. The Hall–Kier alpha value is -2.34. The van der Waals surface area contributed by atoms with Gasteiger partial charge in [0.15, 0.2) is 0 Å². The maximum Gasteiger partial charge on any atom is 0.233 e. The van der Waals surface area contributed by atoms with Crippen molar-refractivity contribution in [2.45, 2.75) is 25.3 Å². The molecule has 1 fully saturated rings. The molecule has 2 aromatic rings. The summed E-state index contributed by atoms with van der Waals surface area (Å²) in [5, 5.41) is 10.9. The van der Waals surface area contributed by atoms with Crippen LogP contribution in [0.5, 0.6) is 0 Å². The number of hydroxylamine groups is 2. The predicted molar refractivity (Wildman–Crippen MR) is 115 cm³/mol. The van der Waals surface area contributed by atoms with Crippen LogP contribution in [0.3, 0.4) is 0 Å². The molecule has 31 heavy (non-hydrogen) atoms. The minimum atomic E-state index is -3.67. The lowest BCUT2D eigenvalue weighted by Crippen LogP contribution is -2.51. The van der Waals surface area contributed by atoms with Crippen molar-refractivity contribution in [1.29, 1.82) is 0 Å². The van der Waals surface area contributed by atoms with E-state index in [2.05, 4.69) is 15.0 Å². The molecule has 12 heteroatoms. The number of hydrogen-bond donors (Lipinski definition) is 1. The zero-order valence-electron chi connectivity index (χ0n) is 16.9. The first kappa shape index (κ1) is 23.3. The fourth-order valence-corrected chi connectivity index (χ4v) is 5.28. The van der Waals surface area contributed by atoms with E-state index in [1.807, 2.05) is 4.90 Å². The standard InChI is InChI=1S/C19H25ClN6O4S/c20-16-5-6-19(23-13-16)24-9-11-25(12-10-24)31(29,30)14-17(26(28)15-27)3-1-4-18-21-7-2-8-22-18/h2,5-8,13,15,17,28H,1,3-4,9-12,14H2. The summed E-state index contributed by atoms with van der Waals surface area (Å²) < 4.78 is 27.3. The number of piperazine rings is 1. The minimum Gasteiger partial charge on any atom is -0.354 e. The highest BCUT2D eigenvalue weighted by molar-refractivity contribution is 7.89. The average molecular weight is 469 g/mol. The van der Waals surface area contributed by atoms with Gasteiger partial charge in [0.25, 0.3) is 0 Å². The van der Waals surface area contributed by atoms with Crippen LogP contribution >= 0.6 is 11.6 Å². The highest BCUT2D eigenvalue weighted by Gasteiger charge is 2.31. The van der Waals surface area contributed by atoms with E-state index in [4.69, 9.17) is 11.6 Å². The molecule has 1 amide bonds. The number of sulfonamides is 1. The van der Waals surface area contributed by atoms with Crippen molar-refractivity contribution in [1.82, 2.24) is 24.3 Å². The number of pyridine rings is 1. The number of rotatable bonds is 10. The molecule has 0 saturated carbocycles. The fraction of sp³-hybridized carbons (Fsp3) is 0.474. The first-order chi connectivity index (χ1) is 14.9. The molecular formula is C19H25ClN6O4S. The molecule has 0 bridgehead atoms. The number of carbonyl (C=O) groups is 1. The topological polar surface area (TPSA) is 120 Å². The van der Waals surface area contributed by atoms with Crippen LogP contribution in [0.1, 0.15) is 18.7 Å². The Morgan fingerprint density at radius 3 is 2.48 bits per heavy atom. The second-order valence-electron chi connectivity index (χ2n) is 7.20. The van der Waals surface area contributed by atoms with E-state index in [9.17, 15) is 18.4 Å². The van der Waals surface area contributed by atoms with Crippen molar-refractivity contribution >= 4 is 33.9 Å². The first-order valence-corrected chi connectivity index (χ1v) is 11.9. The van der Waals surface area contributed by atoms with Gasteiger partial charge in [-0.1, -0.05) is 11.6 Å². The van der Waals surface area contributed by atoms with Crippen LogP contribution in [0.2, 0.25) is 5.02 Å². The molecule has 1 aliphatic rings. The van der Waals surface area contributed by atoms with Gasteiger partial charge in [-0.15, -0.1) is 0 Å². The van der Waals surface area contributed by atoms with Gasteiger partial charge in [0.2, 0.25) is 16.4 Å². The van der Waals surface area contributed by atoms with Gasteiger partial charge in [-0.2, -0.15) is 4.31 Å². The highest BCUT2D eigenvalue weighted by Crippen LogP contribution is 2.19. The zero-order chi connectivity index (χ0) is 22.3. The van der Waals surface area contributed by atoms with Crippen molar-refractivity contribution in [2.24, 2.45) is 0 Å². The molecule has 0 radical (unpaired) electrons. The molecule has 3 heterocycles. The van der Waals surface area contributed by atoms with E-state index >= 15 is 0 Å². The second kappa shape index (κ2) is 10.8. The molecule has 2 aromatic heterocycles. The van der Waals surface area contributed by atoms with Crippen LogP contribution in [0.4, 0.5) is 5.82 Å². The summed E-state index contributed by atoms with van der Waals surface area (Å²) in [7, 11) is -3.67. The van der Waals surface area contributed by atoms with E-state index in [0.717, 1.165) is 5.82 Å². The molecule has 168 valence electrons. The quantitative estimate of drug-likeness (QED) is 0.314. The summed E-state index contributed by atoms with van der Waals surface area (Å²) in [5.41, 5.74) is 0. The van der Waals surface area contributed by atoms with Crippen LogP contribution in [-0.4, -0.2) is 82.3 Å². The SMILES string of the molecule is O=CN(O)C(CCCc1ncccn1)CS(=O)(=O)N1CCN(c2ccc(Cl)cn2)CC1. The molecule has 1 saturated heterocycles. The van der Waals surface area contributed by atoms with E-state index in [0.29, 0.717) is 61.4 Å². The minimum absolute atomic E-state index is 0.239. The fourth-order valence-electron chi connectivity index (χ4n) is 3.43. The van der Waals surface area contributed by atoms with Gasteiger partial charge in [-0.3, -0.25) is 10.0 Å². The Kier molecular flexibility index (Phi) is 8.13. The van der Waals surface area contributed by atoms with Gasteiger partial charge < -0.3 is 4.90 Å². The maximum atomic E-state index is 12.9. The number of hydrogen-bond acceptors (Lipinski definition) is 8. The maximum absolute atomic E-state index is 12.9. The molecule has 0 aromatic carbocycles. The number of amides is 1. The Balaban J connectivity index is 1.56. The molecule has 1 N–H and O–H groups in total. The Morgan fingerprint density at radius 1 is 1.16 bits per heavy atom. The van der Waals surface area contributed by atoms with Gasteiger partial charge >= 0.3 is 0 Å². The largest absolute Gasteiger partial charge is 0.354 e. The lowest BCUT2D eigenvalue weighted by molar-refractivity contribution is -0.158. The van der Waals surface area contributed by atoms with E-state index in [1.165, 1.54) is 4.31 Å². The smallest absolute Gasteiger partial charge is 0.233 e. The van der Waals surface area contributed by atoms with Crippen LogP contribution in [0, 0.1) is 0 Å². The van der Waals surface area contributed by atoms with Crippen LogP contribution < -0.4 is 4.90 Å². The third-order valence-electron chi connectivity index (χ3n) is 5.11. The van der Waals surface area contributed by atoms with Crippen molar-refractivity contribution in [2.75, 3.05) is 36.8 Å². The number of aromatic nitrogens is 3. The van der Waals surface area contributed by atoms with Gasteiger partial charge in [-0.25, -0.2) is 28.4 Å². The molecule has 10 nitrogen and oxygen atoms in total. The molecule has 3 rings (SSSR count). The zero-order valence-corrected chi connectivity index (χ0v) is 18.5. The van der Waals surface area contributed by atoms with E-state index in [-0.39, 0.29) is 12.2 Å². The summed E-state index contributed by atoms with van der Waals surface area (Å²) in [6, 6.07) is 4.41. The molecule has 0 aliphatic carbocycles. The third kappa shape index (κ3) is 6.57. The lowest BCUT2D eigenvalue weighted by Gasteiger charge is -2.35. The molecule has 1 atom stereocenters. The summed E-state index contributed by atoms with van der Waals surface area (Å²) >= 11 is 5.87. The van der Waals surface area contributed by atoms with Gasteiger partial charge in [0.1, 0.15) is 11.6 Å². The van der Waals surface area contributed by atoms with Crippen molar-refractivity contribution in [3.8, 4) is 0 Å². The summed E-state index contributed by atoms with van der Waals surface area (Å²) in [6.45, 7) is 1.56. The summed E-state index contributed by atoms with van der Waals surface area (Å²) in [4.78, 5) is 25.6. The highest BCUT2D eigenvalue weighted by atomic mass is 35.5. The van der Waals surface area contributed by atoms with Gasteiger partial charge in [0, 0.05) is 51.2 Å². The first-order valence-electron chi connectivity index (χ1n) is 9.92. The van der Waals surface area contributed by atoms with Crippen LogP contribution in [0.25, 0.3) is 0 Å². The Morgan fingerprint density at radius 2 is 1.87 bits per heavy atom. The summed E-state index contributed by atoms with van der Waals surface area (Å²) in [6.07, 6.45) is 6.42. The van der Waals surface area contributed by atoms with Crippen molar-refractivity contribution in [3.05, 3.63) is 47.6 Å². The Labute approximate surface area is 186 Å². The molecule has 0 spiro atoms. The molecule has 1 aliphatic heterocycles. The number of carbonyl (C=O) groups excluding carboxylic acids is 1. The normalized spacial score (nSPS) is 16.1. The van der Waals surface area contributed by atoms with Crippen LogP contribution in [0.15, 0.2) is 36.8 Å². The number of anilines is 1. The average Bonchev–Trinajstić information content (AvgIpc) is 2.79. The predicted octanol–water partition coefficient (Wildman–Crippen LogP) is 1.22. The van der Waals surface area contributed by atoms with Gasteiger partial charge in [0.05, 0.1) is 16.8 Å². The number of halogens is 1. The van der Waals surface area contributed by atoms with E-state index in [1.54, 1.807) is 36.8 Å². The Bertz CT molecular complexity index is 940. The number of nitrogens with zero attached hydrogens (tertiary/aromatic N) is 6. The third-order valence-corrected chi connectivity index (χ3v) is 7.29. The second-order valence-corrected chi connectivity index (χ2v) is 9.65. The number of aryl methyl sites for hydroxylation is 1. The van der Waals surface area contributed by atoms with Crippen LogP contribution in [-0.2, 0) is 21.2 Å². The monoisotopic (exact) mass is 468 g/mol. The van der Waals surface area contributed by atoms with E-state index < -0.39 is 16.1 Å². The summed E-state index contributed by atoms with van der Waals surface area (Å²) in [5.74, 6) is 1.02. The van der Waals surface area contributed by atoms with Crippen molar-refractivity contribution < 1.29 is 18.4 Å². The lowest BCUT2D eigenvalue weighted by atomic mass is 10.1.